The average Bonchev–Trinajstić information content (AvgIpc) is 2.57. The van der Waals surface area contributed by atoms with E-state index in [1.54, 1.807) is 11.3 Å². The summed E-state index contributed by atoms with van der Waals surface area (Å²) in [6.45, 7) is 6.22. The van der Waals surface area contributed by atoms with Crippen molar-refractivity contribution in [2.24, 2.45) is 11.7 Å². The first-order valence-corrected chi connectivity index (χ1v) is 6.65. The molecule has 3 nitrogen and oxygen atoms in total. The lowest BCUT2D eigenvalue weighted by molar-refractivity contribution is -0.141. The van der Waals surface area contributed by atoms with Crippen LogP contribution in [0.3, 0.4) is 0 Å². The Hall–Kier alpha value is -0.870. The SMILES string of the molecule is COC(=O)CC(C)CC(N)c1cc(C)sc1C. The zero-order valence-corrected chi connectivity index (χ0v) is 11.8. The minimum absolute atomic E-state index is 0.0135. The molecule has 96 valence electrons. The second-order valence-electron chi connectivity index (χ2n) is 4.60. The average molecular weight is 255 g/mol. The number of esters is 1. The molecule has 2 unspecified atom stereocenters. The van der Waals surface area contributed by atoms with Gasteiger partial charge in [0.2, 0.25) is 0 Å². The predicted molar refractivity (Wildman–Crippen MR) is 71.1 cm³/mol. The fraction of sp³-hybridized carbons (Fsp3) is 0.615. The van der Waals surface area contributed by atoms with Crippen LogP contribution in [0, 0.1) is 19.8 Å². The summed E-state index contributed by atoms with van der Waals surface area (Å²) in [4.78, 5) is 13.7. The predicted octanol–water partition coefficient (Wildman–Crippen LogP) is 2.95. The Labute approximate surface area is 107 Å². The lowest BCUT2D eigenvalue weighted by Crippen LogP contribution is -2.16. The Morgan fingerprint density at radius 3 is 2.65 bits per heavy atom. The van der Waals surface area contributed by atoms with Crippen molar-refractivity contribution in [2.45, 2.75) is 39.7 Å². The third-order valence-electron chi connectivity index (χ3n) is 2.88. The van der Waals surface area contributed by atoms with Crippen LogP contribution in [0.2, 0.25) is 0 Å². The van der Waals surface area contributed by atoms with Crippen LogP contribution in [0.4, 0.5) is 0 Å². The first kappa shape index (κ1) is 14.2. The number of carbonyl (C=O) groups is 1. The normalized spacial score (nSPS) is 14.4. The lowest BCUT2D eigenvalue weighted by atomic mass is 9.94. The molecule has 0 aliphatic carbocycles. The molecule has 1 aromatic heterocycles. The molecular weight excluding hydrogens is 234 g/mol. The van der Waals surface area contributed by atoms with Crippen molar-refractivity contribution in [3.63, 3.8) is 0 Å². The third kappa shape index (κ3) is 4.13. The fourth-order valence-corrected chi connectivity index (χ4v) is 3.03. The van der Waals surface area contributed by atoms with Crippen LogP contribution in [0.15, 0.2) is 6.07 Å². The second-order valence-corrected chi connectivity index (χ2v) is 6.06. The van der Waals surface area contributed by atoms with Gasteiger partial charge in [0.1, 0.15) is 0 Å². The molecule has 1 aromatic rings. The van der Waals surface area contributed by atoms with Crippen LogP contribution in [0.5, 0.6) is 0 Å². The number of thiophene rings is 1. The summed E-state index contributed by atoms with van der Waals surface area (Å²) >= 11 is 1.77. The topological polar surface area (TPSA) is 52.3 Å². The van der Waals surface area contributed by atoms with E-state index < -0.39 is 0 Å². The van der Waals surface area contributed by atoms with Crippen LogP contribution < -0.4 is 5.73 Å². The smallest absolute Gasteiger partial charge is 0.305 e. The van der Waals surface area contributed by atoms with Crippen LogP contribution in [-0.2, 0) is 9.53 Å². The van der Waals surface area contributed by atoms with Gasteiger partial charge in [0.25, 0.3) is 0 Å². The number of ether oxygens (including phenoxy) is 1. The Kier molecular flexibility index (Phi) is 5.15. The van der Waals surface area contributed by atoms with Crippen molar-refractivity contribution >= 4 is 17.3 Å². The summed E-state index contributed by atoms with van der Waals surface area (Å²) in [6, 6.07) is 2.16. The third-order valence-corrected chi connectivity index (χ3v) is 3.86. The maximum Gasteiger partial charge on any atom is 0.305 e. The highest BCUT2D eigenvalue weighted by Gasteiger charge is 2.17. The van der Waals surface area contributed by atoms with Gasteiger partial charge >= 0.3 is 5.97 Å². The van der Waals surface area contributed by atoms with Gasteiger partial charge in [-0.2, -0.15) is 0 Å². The van der Waals surface area contributed by atoms with Gasteiger partial charge in [-0.25, -0.2) is 0 Å². The molecule has 1 rings (SSSR count). The summed E-state index contributed by atoms with van der Waals surface area (Å²) in [5, 5.41) is 0. The molecule has 0 saturated heterocycles. The highest BCUT2D eigenvalue weighted by atomic mass is 32.1. The number of hydrogen-bond acceptors (Lipinski definition) is 4. The lowest BCUT2D eigenvalue weighted by Gasteiger charge is -2.16. The van der Waals surface area contributed by atoms with E-state index in [9.17, 15) is 4.79 Å². The van der Waals surface area contributed by atoms with E-state index in [1.807, 2.05) is 6.92 Å². The van der Waals surface area contributed by atoms with E-state index in [0.717, 1.165) is 6.42 Å². The van der Waals surface area contributed by atoms with Crippen LogP contribution in [-0.4, -0.2) is 13.1 Å². The molecular formula is C13H21NO2S. The molecule has 0 radical (unpaired) electrons. The van der Waals surface area contributed by atoms with Crippen LogP contribution in [0.1, 0.15) is 41.1 Å². The Balaban J connectivity index is 2.57. The van der Waals surface area contributed by atoms with Gasteiger partial charge in [0.15, 0.2) is 0 Å². The van der Waals surface area contributed by atoms with Crippen molar-refractivity contribution in [2.75, 3.05) is 7.11 Å². The van der Waals surface area contributed by atoms with Crippen LogP contribution in [0.25, 0.3) is 0 Å². The van der Waals surface area contributed by atoms with E-state index in [4.69, 9.17) is 5.73 Å². The standard InChI is InChI=1S/C13H21NO2S/c1-8(6-13(15)16-4)5-12(14)11-7-9(2)17-10(11)3/h7-8,12H,5-6,14H2,1-4H3. The van der Waals surface area contributed by atoms with Gasteiger partial charge in [-0.1, -0.05) is 6.92 Å². The van der Waals surface area contributed by atoms with E-state index in [-0.39, 0.29) is 17.9 Å². The molecule has 2 N–H and O–H groups in total. The molecule has 0 aliphatic heterocycles. The molecule has 1 heterocycles. The maximum absolute atomic E-state index is 11.2. The molecule has 0 spiro atoms. The summed E-state index contributed by atoms with van der Waals surface area (Å²) in [7, 11) is 1.42. The molecule has 17 heavy (non-hydrogen) atoms. The number of hydrogen-bond donors (Lipinski definition) is 1. The summed E-state index contributed by atoms with van der Waals surface area (Å²) < 4.78 is 4.66. The van der Waals surface area contributed by atoms with Gasteiger partial charge in [-0.3, -0.25) is 4.79 Å². The first-order chi connectivity index (χ1) is 7.93. The van der Waals surface area contributed by atoms with E-state index >= 15 is 0 Å². The summed E-state index contributed by atoms with van der Waals surface area (Å²) in [5.41, 5.74) is 7.39. The van der Waals surface area contributed by atoms with E-state index in [2.05, 4.69) is 24.7 Å². The highest BCUT2D eigenvalue weighted by Crippen LogP contribution is 2.29. The second kappa shape index (κ2) is 6.17. The number of nitrogens with two attached hydrogens (primary N) is 1. The molecule has 2 atom stereocenters. The van der Waals surface area contributed by atoms with Gasteiger partial charge in [-0.05, 0) is 37.8 Å². The fourth-order valence-electron chi connectivity index (χ4n) is 2.03. The first-order valence-electron chi connectivity index (χ1n) is 5.83. The van der Waals surface area contributed by atoms with Crippen LogP contribution >= 0.6 is 11.3 Å². The highest BCUT2D eigenvalue weighted by molar-refractivity contribution is 7.12. The number of methoxy groups -OCH3 is 1. The quantitative estimate of drug-likeness (QED) is 0.823. The largest absolute Gasteiger partial charge is 0.469 e. The summed E-state index contributed by atoms with van der Waals surface area (Å²) in [6.07, 6.45) is 1.25. The van der Waals surface area contributed by atoms with Crippen molar-refractivity contribution in [1.29, 1.82) is 0 Å². The van der Waals surface area contributed by atoms with Crippen molar-refractivity contribution in [1.82, 2.24) is 0 Å². The van der Waals surface area contributed by atoms with Gasteiger partial charge in [0, 0.05) is 22.2 Å². The zero-order chi connectivity index (χ0) is 13.0. The Morgan fingerprint density at radius 1 is 1.53 bits per heavy atom. The van der Waals surface area contributed by atoms with Crippen molar-refractivity contribution in [3.8, 4) is 0 Å². The minimum Gasteiger partial charge on any atom is -0.469 e. The van der Waals surface area contributed by atoms with Crippen molar-refractivity contribution in [3.05, 3.63) is 21.4 Å². The molecule has 0 fully saturated rings. The molecule has 0 bridgehead atoms. The Morgan fingerprint density at radius 2 is 2.18 bits per heavy atom. The van der Waals surface area contributed by atoms with Crippen molar-refractivity contribution < 1.29 is 9.53 Å². The molecule has 0 aliphatic rings. The number of carbonyl (C=O) groups excluding carboxylic acids is 1. The Bertz CT molecular complexity index is 387. The molecule has 0 saturated carbocycles. The molecule has 4 heteroatoms. The van der Waals surface area contributed by atoms with Gasteiger partial charge < -0.3 is 10.5 Å². The van der Waals surface area contributed by atoms with E-state index in [1.165, 1.54) is 22.4 Å². The van der Waals surface area contributed by atoms with E-state index in [0.29, 0.717) is 6.42 Å². The van der Waals surface area contributed by atoms with Gasteiger partial charge in [0.05, 0.1) is 7.11 Å². The molecule has 0 amide bonds. The number of rotatable bonds is 5. The van der Waals surface area contributed by atoms with Gasteiger partial charge in [-0.15, -0.1) is 11.3 Å². The summed E-state index contributed by atoms with van der Waals surface area (Å²) in [5.74, 6) is 0.0833. The molecule has 0 aromatic carbocycles. The maximum atomic E-state index is 11.2. The zero-order valence-electron chi connectivity index (χ0n) is 10.9. The minimum atomic E-state index is -0.164. The monoisotopic (exact) mass is 255 g/mol. The number of aryl methyl sites for hydroxylation is 2.